The summed E-state index contributed by atoms with van der Waals surface area (Å²) in [5, 5.41) is 6.80. The van der Waals surface area contributed by atoms with Gasteiger partial charge in [0.1, 0.15) is 17.8 Å². The van der Waals surface area contributed by atoms with Gasteiger partial charge in [0.05, 0.1) is 18.0 Å². The minimum absolute atomic E-state index is 0.0899. The van der Waals surface area contributed by atoms with Crippen molar-refractivity contribution in [3.05, 3.63) is 36.2 Å². The van der Waals surface area contributed by atoms with Gasteiger partial charge in [-0.25, -0.2) is 9.97 Å². The molecule has 0 aromatic carbocycles. The van der Waals surface area contributed by atoms with Gasteiger partial charge in [0, 0.05) is 40.2 Å². The minimum atomic E-state index is -0.118. The lowest BCUT2D eigenvalue weighted by Gasteiger charge is -2.24. The Morgan fingerprint density at radius 3 is 2.79 bits per heavy atom. The number of aromatic amines is 1. The molecular formula is C16H22N6O2. The Labute approximate surface area is 140 Å². The molecule has 8 heteroatoms. The van der Waals surface area contributed by atoms with Crippen LogP contribution in [-0.2, 0) is 4.74 Å². The summed E-state index contributed by atoms with van der Waals surface area (Å²) in [6.45, 7) is 1.15. The van der Waals surface area contributed by atoms with Gasteiger partial charge < -0.3 is 14.5 Å². The van der Waals surface area contributed by atoms with Gasteiger partial charge in [-0.05, 0) is 18.6 Å². The average molecular weight is 330 g/mol. The summed E-state index contributed by atoms with van der Waals surface area (Å²) in [5.41, 5.74) is 1.39. The highest BCUT2D eigenvalue weighted by molar-refractivity contribution is 5.92. The standard InChI is InChI=1S/C16H22N6O2/c1-21(2)11-4-5-13(17-8-11)16(23)22(3)9-14-12(6-7-24-14)15-18-10-19-20-15/h4-5,8,10,12,14H,6-7,9H2,1-3H3,(H,18,19,20)/t12-,14-/m1/s1. The van der Waals surface area contributed by atoms with Crippen molar-refractivity contribution in [1.29, 1.82) is 0 Å². The fourth-order valence-corrected chi connectivity index (χ4v) is 2.86. The number of nitrogens with zero attached hydrogens (tertiary/aromatic N) is 5. The van der Waals surface area contributed by atoms with Crippen LogP contribution in [0.25, 0.3) is 0 Å². The highest BCUT2D eigenvalue weighted by Gasteiger charge is 2.33. The monoisotopic (exact) mass is 330 g/mol. The van der Waals surface area contributed by atoms with Crippen molar-refractivity contribution in [2.24, 2.45) is 0 Å². The fraction of sp³-hybridized carbons (Fsp3) is 0.500. The van der Waals surface area contributed by atoms with E-state index in [4.69, 9.17) is 4.74 Å². The topological polar surface area (TPSA) is 87.2 Å². The summed E-state index contributed by atoms with van der Waals surface area (Å²) in [5.74, 6) is 0.825. The molecule has 1 N–H and O–H groups in total. The Balaban J connectivity index is 1.65. The van der Waals surface area contributed by atoms with Gasteiger partial charge in [-0.3, -0.25) is 9.89 Å². The lowest BCUT2D eigenvalue weighted by Crippen LogP contribution is -2.36. The largest absolute Gasteiger partial charge is 0.376 e. The first-order chi connectivity index (χ1) is 11.6. The molecule has 128 valence electrons. The Bertz CT molecular complexity index is 670. The van der Waals surface area contributed by atoms with E-state index in [1.165, 1.54) is 6.33 Å². The third kappa shape index (κ3) is 3.38. The van der Waals surface area contributed by atoms with Gasteiger partial charge in [0.25, 0.3) is 5.91 Å². The van der Waals surface area contributed by atoms with E-state index in [0.717, 1.165) is 17.9 Å². The zero-order chi connectivity index (χ0) is 17.1. The Hall–Kier alpha value is -2.48. The number of ether oxygens (including phenoxy) is 1. The number of rotatable bonds is 5. The van der Waals surface area contributed by atoms with Crippen LogP contribution in [0.2, 0.25) is 0 Å². The van der Waals surface area contributed by atoms with E-state index >= 15 is 0 Å². The number of carbonyl (C=O) groups is 1. The molecule has 0 spiro atoms. The number of pyridine rings is 1. The van der Waals surface area contributed by atoms with Gasteiger partial charge in [-0.1, -0.05) is 0 Å². The molecule has 24 heavy (non-hydrogen) atoms. The number of amides is 1. The molecule has 1 aliphatic heterocycles. The van der Waals surface area contributed by atoms with Crippen LogP contribution >= 0.6 is 0 Å². The second-order valence-electron chi connectivity index (χ2n) is 6.16. The van der Waals surface area contributed by atoms with E-state index in [9.17, 15) is 4.79 Å². The summed E-state index contributed by atoms with van der Waals surface area (Å²) >= 11 is 0. The molecule has 0 unspecified atom stereocenters. The predicted octanol–water partition coefficient (Wildman–Crippen LogP) is 0.910. The Kier molecular flexibility index (Phi) is 4.75. The van der Waals surface area contributed by atoms with Crippen LogP contribution < -0.4 is 4.90 Å². The van der Waals surface area contributed by atoms with E-state index in [1.807, 2.05) is 25.1 Å². The smallest absolute Gasteiger partial charge is 0.272 e. The Morgan fingerprint density at radius 1 is 1.33 bits per heavy atom. The van der Waals surface area contributed by atoms with Crippen LogP contribution in [-0.4, -0.2) is 71.4 Å². The highest BCUT2D eigenvalue weighted by atomic mass is 16.5. The minimum Gasteiger partial charge on any atom is -0.376 e. The average Bonchev–Trinajstić information content (AvgIpc) is 3.25. The Morgan fingerprint density at radius 2 is 2.17 bits per heavy atom. The number of H-pyrrole nitrogens is 1. The normalized spacial score (nSPS) is 20.1. The van der Waals surface area contributed by atoms with Crippen molar-refractivity contribution in [2.75, 3.05) is 39.2 Å². The molecule has 1 amide bonds. The van der Waals surface area contributed by atoms with Gasteiger partial charge in [0.2, 0.25) is 0 Å². The van der Waals surface area contributed by atoms with E-state index in [2.05, 4.69) is 20.2 Å². The van der Waals surface area contributed by atoms with Crippen LogP contribution in [0.1, 0.15) is 28.7 Å². The van der Waals surface area contributed by atoms with Gasteiger partial charge in [-0.2, -0.15) is 5.10 Å². The predicted molar refractivity (Wildman–Crippen MR) is 89.0 cm³/mol. The number of aromatic nitrogens is 4. The molecule has 2 aromatic rings. The first kappa shape index (κ1) is 16.4. The van der Waals surface area contributed by atoms with Crippen molar-refractivity contribution in [3.8, 4) is 0 Å². The highest BCUT2D eigenvalue weighted by Crippen LogP contribution is 2.29. The van der Waals surface area contributed by atoms with Crippen LogP contribution in [0.15, 0.2) is 24.7 Å². The number of carbonyl (C=O) groups excluding carboxylic acids is 1. The van der Waals surface area contributed by atoms with Crippen LogP contribution in [0.4, 0.5) is 5.69 Å². The van der Waals surface area contributed by atoms with Crippen LogP contribution in [0.5, 0.6) is 0 Å². The summed E-state index contributed by atoms with van der Waals surface area (Å²) in [4.78, 5) is 24.6. The number of anilines is 1. The quantitative estimate of drug-likeness (QED) is 0.877. The summed E-state index contributed by atoms with van der Waals surface area (Å²) < 4.78 is 5.79. The molecule has 3 rings (SSSR count). The molecule has 0 aliphatic carbocycles. The van der Waals surface area contributed by atoms with Crippen molar-refractivity contribution in [2.45, 2.75) is 18.4 Å². The van der Waals surface area contributed by atoms with Crippen molar-refractivity contribution >= 4 is 11.6 Å². The van der Waals surface area contributed by atoms with E-state index < -0.39 is 0 Å². The second-order valence-corrected chi connectivity index (χ2v) is 6.16. The van der Waals surface area contributed by atoms with Crippen LogP contribution in [0.3, 0.4) is 0 Å². The number of hydrogen-bond acceptors (Lipinski definition) is 6. The zero-order valence-corrected chi connectivity index (χ0v) is 14.1. The zero-order valence-electron chi connectivity index (χ0n) is 14.1. The molecule has 0 bridgehead atoms. The van der Waals surface area contributed by atoms with Gasteiger partial charge >= 0.3 is 0 Å². The SMILES string of the molecule is CN(C[C@H]1OCC[C@H]1c1ncn[nH]1)C(=O)c1ccc(N(C)C)cn1. The van der Waals surface area contributed by atoms with Crippen molar-refractivity contribution in [1.82, 2.24) is 25.1 Å². The third-order valence-corrected chi connectivity index (χ3v) is 4.28. The molecule has 2 atom stereocenters. The lowest BCUT2D eigenvalue weighted by atomic mass is 10.0. The molecular weight excluding hydrogens is 308 g/mol. The molecule has 0 radical (unpaired) electrons. The summed E-state index contributed by atoms with van der Waals surface area (Å²) in [6.07, 6.45) is 3.98. The summed E-state index contributed by atoms with van der Waals surface area (Å²) in [6, 6.07) is 3.63. The van der Waals surface area contributed by atoms with Crippen LogP contribution in [0, 0.1) is 0 Å². The molecule has 2 aromatic heterocycles. The third-order valence-electron chi connectivity index (χ3n) is 4.28. The molecule has 1 fully saturated rings. The maximum atomic E-state index is 12.6. The van der Waals surface area contributed by atoms with Crippen molar-refractivity contribution in [3.63, 3.8) is 0 Å². The lowest BCUT2D eigenvalue weighted by molar-refractivity contribution is 0.0546. The number of nitrogens with one attached hydrogen (secondary N) is 1. The summed E-state index contributed by atoms with van der Waals surface area (Å²) in [7, 11) is 5.64. The molecule has 0 saturated carbocycles. The van der Waals surface area contributed by atoms with E-state index in [0.29, 0.717) is 18.8 Å². The molecule has 1 aliphatic rings. The number of hydrogen-bond donors (Lipinski definition) is 1. The number of likely N-dealkylation sites (N-methyl/N-ethyl adjacent to an activating group) is 1. The van der Waals surface area contributed by atoms with E-state index in [-0.39, 0.29) is 17.9 Å². The molecule has 3 heterocycles. The fourth-order valence-electron chi connectivity index (χ4n) is 2.86. The van der Waals surface area contributed by atoms with Gasteiger partial charge in [-0.15, -0.1) is 0 Å². The maximum absolute atomic E-state index is 12.6. The molecule has 8 nitrogen and oxygen atoms in total. The first-order valence-corrected chi connectivity index (χ1v) is 7.92. The molecule has 1 saturated heterocycles. The second kappa shape index (κ2) is 6.96. The van der Waals surface area contributed by atoms with E-state index in [1.54, 1.807) is 24.2 Å². The van der Waals surface area contributed by atoms with Crippen molar-refractivity contribution < 1.29 is 9.53 Å². The maximum Gasteiger partial charge on any atom is 0.272 e. The van der Waals surface area contributed by atoms with Gasteiger partial charge in [0.15, 0.2) is 0 Å². The first-order valence-electron chi connectivity index (χ1n) is 7.92.